The number of hydrazone groups is 1. The number of hydrogen-bond acceptors (Lipinski definition) is 3. The summed E-state index contributed by atoms with van der Waals surface area (Å²) >= 11 is 0. The summed E-state index contributed by atoms with van der Waals surface area (Å²) in [5.41, 5.74) is 4.70. The first-order valence-electron chi connectivity index (χ1n) is 8.94. The fourth-order valence-corrected chi connectivity index (χ4v) is 3.27. The first kappa shape index (κ1) is 16.4. The molecule has 4 rings (SSSR count). The van der Waals surface area contributed by atoms with E-state index in [0.717, 1.165) is 23.6 Å². The first-order valence-corrected chi connectivity index (χ1v) is 8.94. The van der Waals surface area contributed by atoms with Gasteiger partial charge in [0.1, 0.15) is 12.4 Å². The molecule has 3 aromatic carbocycles. The molecule has 0 aliphatic carbocycles. The smallest absolute Gasteiger partial charge is 0.119 e. The van der Waals surface area contributed by atoms with Crippen LogP contribution in [0.25, 0.3) is 0 Å². The van der Waals surface area contributed by atoms with Gasteiger partial charge in [-0.2, -0.15) is 5.10 Å². The second-order valence-electron chi connectivity index (χ2n) is 6.58. The van der Waals surface area contributed by atoms with E-state index in [0.29, 0.717) is 6.61 Å². The Morgan fingerprint density at radius 2 is 1.54 bits per heavy atom. The quantitative estimate of drug-likeness (QED) is 0.603. The molecule has 1 atom stereocenters. The zero-order valence-electron chi connectivity index (χ0n) is 14.9. The maximum Gasteiger partial charge on any atom is 0.119 e. The molecule has 1 aliphatic rings. The summed E-state index contributed by atoms with van der Waals surface area (Å²) in [6.07, 6.45) is 0.944. The molecule has 1 heterocycles. The number of anilines is 1. The molecule has 3 aromatic rings. The van der Waals surface area contributed by atoms with Gasteiger partial charge in [0.15, 0.2) is 0 Å². The predicted molar refractivity (Wildman–Crippen MR) is 107 cm³/mol. The molecule has 1 aliphatic heterocycles. The van der Waals surface area contributed by atoms with Gasteiger partial charge in [0.05, 0.1) is 11.7 Å². The number of hydrogen-bond donors (Lipinski definition) is 0. The molecule has 0 spiro atoms. The Bertz CT molecular complexity index is 873. The van der Waals surface area contributed by atoms with Crippen molar-refractivity contribution in [3.8, 4) is 5.75 Å². The summed E-state index contributed by atoms with van der Waals surface area (Å²) in [5.74, 6) is 0.888. The minimum atomic E-state index is 0.237. The SMILES string of the molecule is CC1=NN(c2ccccc2)C(c2ccc(OCc3ccccc3)cc2)C1. The van der Waals surface area contributed by atoms with E-state index in [9.17, 15) is 0 Å². The van der Waals surface area contributed by atoms with Gasteiger partial charge >= 0.3 is 0 Å². The van der Waals surface area contributed by atoms with E-state index >= 15 is 0 Å². The van der Waals surface area contributed by atoms with Gasteiger partial charge in [0.25, 0.3) is 0 Å². The van der Waals surface area contributed by atoms with Crippen molar-refractivity contribution in [2.24, 2.45) is 5.10 Å². The summed E-state index contributed by atoms with van der Waals surface area (Å²) in [5, 5.41) is 6.85. The number of ether oxygens (including phenoxy) is 1. The minimum absolute atomic E-state index is 0.237. The molecule has 3 nitrogen and oxygen atoms in total. The lowest BCUT2D eigenvalue weighted by Gasteiger charge is -2.24. The number of nitrogens with zero attached hydrogens (tertiary/aromatic N) is 2. The first-order chi connectivity index (χ1) is 12.8. The van der Waals surface area contributed by atoms with Crippen LogP contribution in [0.15, 0.2) is 90.0 Å². The molecular weight excluding hydrogens is 320 g/mol. The third kappa shape index (κ3) is 3.62. The van der Waals surface area contributed by atoms with E-state index in [-0.39, 0.29) is 6.04 Å². The van der Waals surface area contributed by atoms with Crippen molar-refractivity contribution in [3.63, 3.8) is 0 Å². The second-order valence-corrected chi connectivity index (χ2v) is 6.58. The van der Waals surface area contributed by atoms with Gasteiger partial charge in [-0.1, -0.05) is 60.7 Å². The van der Waals surface area contributed by atoms with Crippen LogP contribution in [0.1, 0.15) is 30.5 Å². The van der Waals surface area contributed by atoms with Crippen LogP contribution >= 0.6 is 0 Å². The highest BCUT2D eigenvalue weighted by atomic mass is 16.5. The van der Waals surface area contributed by atoms with Crippen LogP contribution in [0.2, 0.25) is 0 Å². The summed E-state index contributed by atoms with van der Waals surface area (Å²) in [4.78, 5) is 0. The van der Waals surface area contributed by atoms with Gasteiger partial charge in [-0.05, 0) is 42.3 Å². The normalized spacial score (nSPS) is 16.4. The van der Waals surface area contributed by atoms with Crippen molar-refractivity contribution in [2.75, 3.05) is 5.01 Å². The van der Waals surface area contributed by atoms with Crippen molar-refractivity contribution in [3.05, 3.63) is 96.1 Å². The molecule has 0 fully saturated rings. The maximum atomic E-state index is 5.90. The third-order valence-corrected chi connectivity index (χ3v) is 4.60. The van der Waals surface area contributed by atoms with E-state index in [4.69, 9.17) is 9.84 Å². The van der Waals surface area contributed by atoms with E-state index in [1.165, 1.54) is 11.1 Å². The van der Waals surface area contributed by atoms with Crippen molar-refractivity contribution in [1.82, 2.24) is 0 Å². The Morgan fingerprint density at radius 3 is 2.23 bits per heavy atom. The Labute approximate surface area is 154 Å². The molecule has 0 saturated heterocycles. The molecule has 0 aromatic heterocycles. The fraction of sp³-hybridized carbons (Fsp3) is 0.174. The highest BCUT2D eigenvalue weighted by molar-refractivity contribution is 5.86. The van der Waals surface area contributed by atoms with Crippen molar-refractivity contribution in [2.45, 2.75) is 26.0 Å². The van der Waals surface area contributed by atoms with E-state index in [1.807, 2.05) is 24.3 Å². The van der Waals surface area contributed by atoms with Crippen LogP contribution < -0.4 is 9.75 Å². The lowest BCUT2D eigenvalue weighted by molar-refractivity contribution is 0.306. The van der Waals surface area contributed by atoms with Crippen LogP contribution in [0, 0.1) is 0 Å². The molecule has 0 bridgehead atoms. The van der Waals surface area contributed by atoms with Gasteiger partial charge in [-0.25, -0.2) is 0 Å². The molecule has 0 amide bonds. The van der Waals surface area contributed by atoms with Crippen molar-refractivity contribution in [1.29, 1.82) is 0 Å². The topological polar surface area (TPSA) is 24.8 Å². The van der Waals surface area contributed by atoms with Gasteiger partial charge in [0, 0.05) is 12.1 Å². The van der Waals surface area contributed by atoms with Crippen LogP contribution in [0.5, 0.6) is 5.75 Å². The number of para-hydroxylation sites is 1. The fourth-order valence-electron chi connectivity index (χ4n) is 3.27. The molecule has 3 heteroatoms. The Morgan fingerprint density at radius 1 is 0.885 bits per heavy atom. The zero-order chi connectivity index (χ0) is 17.8. The Kier molecular flexibility index (Phi) is 4.69. The number of rotatable bonds is 5. The highest BCUT2D eigenvalue weighted by Crippen LogP contribution is 2.35. The summed E-state index contributed by atoms with van der Waals surface area (Å²) in [6.45, 7) is 2.68. The van der Waals surface area contributed by atoms with Gasteiger partial charge in [0.2, 0.25) is 0 Å². The molecule has 0 saturated carbocycles. The lowest BCUT2D eigenvalue weighted by atomic mass is 10.0. The van der Waals surface area contributed by atoms with Gasteiger partial charge in [-0.3, -0.25) is 5.01 Å². The summed E-state index contributed by atoms with van der Waals surface area (Å²) < 4.78 is 5.90. The molecule has 0 radical (unpaired) electrons. The lowest BCUT2D eigenvalue weighted by Crippen LogP contribution is -2.18. The summed E-state index contributed by atoms with van der Waals surface area (Å²) in [7, 11) is 0. The monoisotopic (exact) mass is 342 g/mol. The molecule has 1 unspecified atom stereocenters. The molecule has 0 N–H and O–H groups in total. The van der Waals surface area contributed by atoms with E-state index in [1.54, 1.807) is 0 Å². The molecule has 26 heavy (non-hydrogen) atoms. The Balaban J connectivity index is 1.47. The average molecular weight is 342 g/mol. The van der Waals surface area contributed by atoms with Crippen molar-refractivity contribution >= 4 is 11.4 Å². The largest absolute Gasteiger partial charge is 0.489 e. The minimum Gasteiger partial charge on any atom is -0.489 e. The van der Waals surface area contributed by atoms with E-state index < -0.39 is 0 Å². The zero-order valence-corrected chi connectivity index (χ0v) is 14.9. The number of benzene rings is 3. The summed E-state index contributed by atoms with van der Waals surface area (Å²) in [6, 6.07) is 29.2. The van der Waals surface area contributed by atoms with Crippen LogP contribution in [-0.4, -0.2) is 5.71 Å². The average Bonchev–Trinajstić information content (AvgIpc) is 3.10. The maximum absolute atomic E-state index is 5.90. The third-order valence-electron chi connectivity index (χ3n) is 4.60. The van der Waals surface area contributed by atoms with Gasteiger partial charge < -0.3 is 4.74 Å². The van der Waals surface area contributed by atoms with E-state index in [2.05, 4.69) is 72.6 Å². The van der Waals surface area contributed by atoms with Crippen LogP contribution in [0.4, 0.5) is 5.69 Å². The Hall–Kier alpha value is -3.07. The van der Waals surface area contributed by atoms with Crippen LogP contribution in [0.3, 0.4) is 0 Å². The van der Waals surface area contributed by atoms with Crippen LogP contribution in [-0.2, 0) is 6.61 Å². The standard InChI is InChI=1S/C23H22N2O/c1-18-16-23(25(24-18)21-10-6-3-7-11-21)20-12-14-22(15-13-20)26-17-19-8-4-2-5-9-19/h2-15,23H,16-17H2,1H3. The van der Waals surface area contributed by atoms with Crippen molar-refractivity contribution < 1.29 is 4.74 Å². The van der Waals surface area contributed by atoms with Gasteiger partial charge in [-0.15, -0.1) is 0 Å². The molecule has 130 valence electrons. The predicted octanol–water partition coefficient (Wildman–Crippen LogP) is 5.59. The second kappa shape index (κ2) is 7.44. The highest BCUT2D eigenvalue weighted by Gasteiger charge is 2.27. The molecular formula is C23H22N2O.